The number of ether oxygens (including phenoxy) is 1. The van der Waals surface area contributed by atoms with Gasteiger partial charge in [-0.3, -0.25) is 4.79 Å². The lowest BCUT2D eigenvalue weighted by atomic mass is 10.2. The summed E-state index contributed by atoms with van der Waals surface area (Å²) in [7, 11) is 3.44. The Balaban J connectivity index is 2.22. The van der Waals surface area contributed by atoms with Crippen LogP contribution in [0.25, 0.3) is 0 Å². The zero-order chi connectivity index (χ0) is 13.1. The predicted molar refractivity (Wildman–Crippen MR) is 71.9 cm³/mol. The topological polar surface area (TPSA) is 58.8 Å². The fraction of sp³-hybridized carbons (Fsp3) is 0.462. The number of carbonyl (C=O) groups is 1. The number of likely N-dealkylation sites (N-methyl/N-ethyl adjacent to an activating group) is 1. The Labute approximate surface area is 107 Å². The summed E-state index contributed by atoms with van der Waals surface area (Å²) in [5.41, 5.74) is 7.38. The van der Waals surface area contributed by atoms with Gasteiger partial charge in [-0.05, 0) is 18.6 Å². The Bertz CT molecular complexity index is 448. The largest absolute Gasteiger partial charge is 0.495 e. The zero-order valence-corrected chi connectivity index (χ0v) is 10.8. The number of nitrogen functional groups attached to an aromatic ring is 1. The van der Waals surface area contributed by atoms with Gasteiger partial charge in [0.2, 0.25) is 5.91 Å². The predicted octanol–water partition coefficient (Wildman–Crippen LogP) is 0.946. The molecule has 2 N–H and O–H groups in total. The minimum absolute atomic E-state index is 0.142. The molecule has 0 aromatic heterocycles. The lowest BCUT2D eigenvalue weighted by Crippen LogP contribution is -2.34. The summed E-state index contributed by atoms with van der Waals surface area (Å²) in [4.78, 5) is 15.7. The summed E-state index contributed by atoms with van der Waals surface area (Å²) >= 11 is 0. The first-order valence-electron chi connectivity index (χ1n) is 6.04. The van der Waals surface area contributed by atoms with Crippen LogP contribution in [0.1, 0.15) is 6.42 Å². The Kier molecular flexibility index (Phi) is 3.60. The smallest absolute Gasteiger partial charge is 0.241 e. The third-order valence-corrected chi connectivity index (χ3v) is 3.26. The van der Waals surface area contributed by atoms with Crippen LogP contribution in [0.5, 0.6) is 5.75 Å². The summed E-state index contributed by atoms with van der Waals surface area (Å²) in [6.45, 7) is 2.08. The summed E-state index contributed by atoms with van der Waals surface area (Å²) in [6.07, 6.45) is 0.967. The second-order valence-electron chi connectivity index (χ2n) is 4.52. The first-order chi connectivity index (χ1) is 8.61. The van der Waals surface area contributed by atoms with Crippen LogP contribution in [0.4, 0.5) is 11.4 Å². The molecule has 1 saturated heterocycles. The van der Waals surface area contributed by atoms with Crippen LogP contribution in [-0.4, -0.2) is 44.6 Å². The number of anilines is 2. The van der Waals surface area contributed by atoms with Crippen molar-refractivity contribution in [1.82, 2.24) is 4.90 Å². The molecule has 1 fully saturated rings. The van der Waals surface area contributed by atoms with Crippen LogP contribution < -0.4 is 15.4 Å². The van der Waals surface area contributed by atoms with E-state index in [2.05, 4.69) is 4.90 Å². The number of nitrogens with two attached hydrogens (primary N) is 1. The van der Waals surface area contributed by atoms with Crippen molar-refractivity contribution in [3.05, 3.63) is 18.2 Å². The molecular formula is C13H19N3O2. The van der Waals surface area contributed by atoms with Crippen LogP contribution in [0.2, 0.25) is 0 Å². The lowest BCUT2D eigenvalue weighted by Gasteiger charge is -2.22. The third-order valence-electron chi connectivity index (χ3n) is 3.26. The Morgan fingerprint density at radius 2 is 2.11 bits per heavy atom. The van der Waals surface area contributed by atoms with Crippen molar-refractivity contribution in [2.45, 2.75) is 6.42 Å². The number of carbonyl (C=O) groups excluding carboxylic acids is 1. The Morgan fingerprint density at radius 3 is 2.83 bits per heavy atom. The van der Waals surface area contributed by atoms with E-state index in [9.17, 15) is 4.79 Å². The fourth-order valence-electron chi connectivity index (χ4n) is 2.10. The van der Waals surface area contributed by atoms with Gasteiger partial charge in [-0.2, -0.15) is 0 Å². The van der Waals surface area contributed by atoms with E-state index >= 15 is 0 Å². The number of amides is 1. The molecule has 1 aliphatic rings. The highest BCUT2D eigenvalue weighted by atomic mass is 16.5. The van der Waals surface area contributed by atoms with Gasteiger partial charge < -0.3 is 20.3 Å². The van der Waals surface area contributed by atoms with Crippen LogP contribution in [0.15, 0.2) is 18.2 Å². The first kappa shape index (κ1) is 12.5. The SMILES string of the molecule is COc1cc(N2CCCN(C)C(=O)C2)ccc1N. The third kappa shape index (κ3) is 2.50. The molecule has 5 nitrogen and oxygen atoms in total. The van der Waals surface area contributed by atoms with E-state index in [-0.39, 0.29) is 5.91 Å². The molecule has 0 atom stereocenters. The number of methoxy groups -OCH3 is 1. The monoisotopic (exact) mass is 249 g/mol. The fourth-order valence-corrected chi connectivity index (χ4v) is 2.10. The Morgan fingerprint density at radius 1 is 1.33 bits per heavy atom. The normalized spacial score (nSPS) is 16.7. The molecule has 0 unspecified atom stereocenters. The molecule has 98 valence electrons. The van der Waals surface area contributed by atoms with Crippen LogP contribution in [0, 0.1) is 0 Å². The highest BCUT2D eigenvalue weighted by Crippen LogP contribution is 2.28. The first-order valence-corrected chi connectivity index (χ1v) is 6.04. The molecular weight excluding hydrogens is 230 g/mol. The maximum Gasteiger partial charge on any atom is 0.241 e. The summed E-state index contributed by atoms with van der Waals surface area (Å²) in [5.74, 6) is 0.792. The van der Waals surface area contributed by atoms with Gasteiger partial charge in [0, 0.05) is 31.9 Å². The van der Waals surface area contributed by atoms with E-state index in [1.54, 1.807) is 12.0 Å². The van der Waals surface area contributed by atoms with Gasteiger partial charge in [-0.25, -0.2) is 0 Å². The summed E-state index contributed by atoms with van der Waals surface area (Å²) in [5, 5.41) is 0. The standard InChI is InChI=1S/C13H19N3O2/c1-15-6-3-7-16(9-13(15)17)10-4-5-11(14)12(8-10)18-2/h4-5,8H,3,6-7,9,14H2,1-2H3. The quantitative estimate of drug-likeness (QED) is 0.793. The number of rotatable bonds is 2. The molecule has 2 rings (SSSR count). The van der Waals surface area contributed by atoms with Crippen LogP contribution >= 0.6 is 0 Å². The highest BCUT2D eigenvalue weighted by Gasteiger charge is 2.19. The van der Waals surface area contributed by atoms with E-state index in [0.717, 1.165) is 25.2 Å². The van der Waals surface area contributed by atoms with Gasteiger partial charge in [0.05, 0.1) is 19.3 Å². The molecule has 0 radical (unpaired) electrons. The number of nitrogens with zero attached hydrogens (tertiary/aromatic N) is 2. The zero-order valence-electron chi connectivity index (χ0n) is 10.8. The minimum atomic E-state index is 0.142. The van der Waals surface area contributed by atoms with Crippen molar-refractivity contribution < 1.29 is 9.53 Å². The molecule has 5 heteroatoms. The molecule has 1 aliphatic heterocycles. The maximum absolute atomic E-state index is 11.8. The minimum Gasteiger partial charge on any atom is -0.495 e. The van der Waals surface area contributed by atoms with Gasteiger partial charge in [0.1, 0.15) is 5.75 Å². The number of benzene rings is 1. The highest BCUT2D eigenvalue weighted by molar-refractivity contribution is 5.82. The van der Waals surface area contributed by atoms with Gasteiger partial charge in [-0.15, -0.1) is 0 Å². The van der Waals surface area contributed by atoms with Crippen LogP contribution in [-0.2, 0) is 4.79 Å². The molecule has 1 amide bonds. The van der Waals surface area contributed by atoms with Crippen molar-refractivity contribution >= 4 is 17.3 Å². The van der Waals surface area contributed by atoms with Gasteiger partial charge in [0.25, 0.3) is 0 Å². The van der Waals surface area contributed by atoms with Gasteiger partial charge in [0.15, 0.2) is 0 Å². The molecule has 1 aromatic carbocycles. The van der Waals surface area contributed by atoms with E-state index in [1.165, 1.54) is 0 Å². The van der Waals surface area contributed by atoms with Crippen molar-refractivity contribution in [3.63, 3.8) is 0 Å². The van der Waals surface area contributed by atoms with Crippen molar-refractivity contribution in [2.75, 3.05) is 44.4 Å². The van der Waals surface area contributed by atoms with Gasteiger partial charge in [-0.1, -0.05) is 0 Å². The average molecular weight is 249 g/mol. The second kappa shape index (κ2) is 5.16. The van der Waals surface area contributed by atoms with Gasteiger partial charge >= 0.3 is 0 Å². The molecule has 0 aliphatic carbocycles. The summed E-state index contributed by atoms with van der Waals surface area (Å²) in [6, 6.07) is 5.62. The number of hydrogen-bond acceptors (Lipinski definition) is 4. The molecule has 0 spiro atoms. The van der Waals surface area contributed by atoms with Crippen molar-refractivity contribution in [3.8, 4) is 5.75 Å². The Hall–Kier alpha value is -1.91. The molecule has 18 heavy (non-hydrogen) atoms. The van der Waals surface area contributed by atoms with Crippen LogP contribution in [0.3, 0.4) is 0 Å². The van der Waals surface area contributed by atoms with Crippen molar-refractivity contribution in [1.29, 1.82) is 0 Å². The molecule has 0 saturated carbocycles. The number of hydrogen-bond donors (Lipinski definition) is 1. The van der Waals surface area contributed by atoms with E-state index < -0.39 is 0 Å². The maximum atomic E-state index is 11.8. The van der Waals surface area contributed by atoms with Crippen molar-refractivity contribution in [2.24, 2.45) is 0 Å². The average Bonchev–Trinajstić information content (AvgIpc) is 2.53. The molecule has 1 heterocycles. The molecule has 1 aromatic rings. The summed E-state index contributed by atoms with van der Waals surface area (Å²) < 4.78 is 5.21. The second-order valence-corrected chi connectivity index (χ2v) is 4.52. The lowest BCUT2D eigenvalue weighted by molar-refractivity contribution is -0.127. The molecule has 0 bridgehead atoms. The van der Waals surface area contributed by atoms with E-state index in [4.69, 9.17) is 10.5 Å². The van der Waals surface area contributed by atoms with E-state index in [1.807, 2.05) is 25.2 Å². The van der Waals surface area contributed by atoms with E-state index in [0.29, 0.717) is 18.0 Å².